The molecule has 0 spiro atoms. The van der Waals surface area contributed by atoms with Crippen LogP contribution in [0.15, 0.2) is 24.8 Å². The number of hydrogen-bond acceptors (Lipinski definition) is 24. The van der Waals surface area contributed by atoms with Gasteiger partial charge in [0.1, 0.15) is 23.3 Å². The molecule has 4 heterocycles. The summed E-state index contributed by atoms with van der Waals surface area (Å²) in [5, 5.41) is 63.4. The predicted molar refractivity (Wildman–Crippen MR) is 361 cm³/mol. The zero-order valence-corrected chi connectivity index (χ0v) is 52.5. The molecule has 28 heteroatoms. The van der Waals surface area contributed by atoms with Gasteiger partial charge in [0.05, 0.1) is 56.2 Å². The van der Waals surface area contributed by atoms with Crippen molar-refractivity contribution in [3.8, 4) is 0 Å². The van der Waals surface area contributed by atoms with E-state index in [0.29, 0.717) is 0 Å². The molecule has 4 aromatic heterocycles. The lowest BCUT2D eigenvalue weighted by Crippen LogP contribution is -2.36. The summed E-state index contributed by atoms with van der Waals surface area (Å²) in [6, 6.07) is -10.6. The minimum Gasteiger partial charge on any atom is -0.393 e. The highest BCUT2D eigenvalue weighted by atomic mass is 16.3. The molecule has 512 valence electrons. The number of amides is 4. The number of rotatable bonds is 16. The fourth-order valence-corrected chi connectivity index (χ4v) is 7.21. The van der Waals surface area contributed by atoms with Gasteiger partial charge in [0.15, 0.2) is 0 Å². The number of carbonyl (C=O) groups excluding carboxylic acids is 4. The van der Waals surface area contributed by atoms with Crippen LogP contribution in [-0.2, 0) is 0 Å². The van der Waals surface area contributed by atoms with E-state index in [1.165, 1.54) is 0 Å². The summed E-state index contributed by atoms with van der Waals surface area (Å²) in [5.74, 6) is -20.6. The predicted octanol–water partition coefficient (Wildman–Crippen LogP) is 6.99. The maximum absolute atomic E-state index is 11.9. The zero-order chi connectivity index (χ0) is 103. The molecule has 28 nitrogen and oxygen atoms in total. The fraction of sp³-hybridized carbons (Fsp3) is 0.688. The van der Waals surface area contributed by atoms with E-state index in [0.717, 1.165) is 24.8 Å². The third kappa shape index (κ3) is 24.8. The standard InChI is InChI=1S/4C16H27N5O2/c4*1-9-5-6-10(7-12(9)22)19-14-11(13(17)23)8-18-15(20-14)21-16(2,3)4/h4*8-10,12,22H,5-7H2,1-4H3,(H2,17,23)(H2,18,19,20,21)/i1D3,5D2,6D,7D,9D,10D,12D;1D3,5D2,7D2,9D,10D,12D;1D3,5D2,6D2,7D2,9D,12D;1D3,5D2,9D,10D,12D. The maximum atomic E-state index is 11.9. The second-order valence-corrected chi connectivity index (χ2v) is 24.2. The van der Waals surface area contributed by atoms with E-state index in [-0.39, 0.29) is 35.2 Å². The highest BCUT2D eigenvalue weighted by Gasteiger charge is 2.32. The number of nitrogens with zero attached hydrogens (tertiary/aromatic N) is 8. The monoisotopic (exact) mass is 1320 g/mol. The van der Waals surface area contributed by atoms with E-state index in [9.17, 15) is 39.6 Å². The number of aliphatic hydroxyl groups is 4. The minimum atomic E-state index is -4.00. The lowest BCUT2D eigenvalue weighted by Gasteiger charge is -2.32. The van der Waals surface area contributed by atoms with E-state index in [1.807, 2.05) is 20.8 Å². The molecule has 0 bridgehead atoms. The third-order valence-electron chi connectivity index (χ3n) is 11.1. The van der Waals surface area contributed by atoms with Crippen LogP contribution in [0.1, 0.15) is 282 Å². The molecule has 0 saturated heterocycles. The normalized spacial score (nSPS) is 46.0. The summed E-state index contributed by atoms with van der Waals surface area (Å²) >= 11 is 0. The Kier molecular flexibility index (Phi) is 12.7. The molecule has 4 aliphatic rings. The molecule has 4 aliphatic carbocycles. The highest BCUT2D eigenvalue weighted by molar-refractivity contribution is 5.99. The quantitative estimate of drug-likeness (QED) is 0.0537. The molecular weight excluding hydrogens is 1180 g/mol. The fourth-order valence-electron chi connectivity index (χ4n) is 7.21. The van der Waals surface area contributed by atoms with Crippen LogP contribution in [-0.4, -0.2) is 154 Å². The summed E-state index contributed by atoms with van der Waals surface area (Å²) in [6.07, 6.45) is -43.1. The van der Waals surface area contributed by atoms with Crippen molar-refractivity contribution in [2.45, 2.75) is 258 Å². The molecule has 4 amide bonds. The Labute approximate surface area is 597 Å². The van der Waals surface area contributed by atoms with Crippen molar-refractivity contribution >= 4 is 70.7 Å². The average Bonchev–Trinajstić information content (AvgIpc) is 0.705. The van der Waals surface area contributed by atoms with Gasteiger partial charge < -0.3 is 85.9 Å². The van der Waals surface area contributed by atoms with Gasteiger partial charge in [-0.1, -0.05) is 27.4 Å². The Morgan fingerprint density at radius 1 is 0.446 bits per heavy atom. The van der Waals surface area contributed by atoms with Gasteiger partial charge in [-0.3, -0.25) is 19.2 Å². The van der Waals surface area contributed by atoms with Crippen molar-refractivity contribution in [3.05, 3.63) is 47.0 Å². The Morgan fingerprint density at radius 2 is 0.772 bits per heavy atom. The molecule has 20 N–H and O–H groups in total. The molecule has 14 atom stereocenters. The van der Waals surface area contributed by atoms with Gasteiger partial charge in [-0.2, -0.15) is 19.9 Å². The van der Waals surface area contributed by atoms with Crippen LogP contribution in [0.25, 0.3) is 0 Å². The smallest absolute Gasteiger partial charge is 0.254 e. The number of nitrogens with one attached hydrogen (secondary N) is 8. The first-order chi connectivity index (χ1) is 57.5. The van der Waals surface area contributed by atoms with E-state index < -0.39 is 256 Å². The molecule has 8 rings (SSSR count). The Morgan fingerprint density at radius 3 is 1.15 bits per heavy atom. The Hall–Kier alpha value is -7.56. The number of aromatic nitrogens is 8. The van der Waals surface area contributed by atoms with Crippen molar-refractivity contribution in [1.82, 2.24) is 39.9 Å². The lowest BCUT2D eigenvalue weighted by atomic mass is 9.85. The molecule has 4 fully saturated rings. The van der Waals surface area contributed by atoms with E-state index in [4.69, 9.17) is 76.4 Å². The largest absolute Gasteiger partial charge is 0.393 e. The van der Waals surface area contributed by atoms with Crippen molar-refractivity contribution in [3.63, 3.8) is 0 Å². The minimum absolute atomic E-state index is 0.0565. The number of carbonyl (C=O) groups is 4. The lowest BCUT2D eigenvalue weighted by molar-refractivity contribution is 0.0737. The van der Waals surface area contributed by atoms with Gasteiger partial charge in [-0.25, -0.2) is 19.9 Å². The average molecular weight is 1320 g/mol. The second kappa shape index (κ2) is 32.3. The number of hydrogen-bond donors (Lipinski definition) is 16. The number of nitrogens with two attached hydrogens (primary N) is 4. The van der Waals surface area contributed by atoms with Crippen LogP contribution >= 0.6 is 0 Å². The molecule has 0 aromatic carbocycles. The first-order valence-electron chi connectivity index (χ1n) is 47.3. The summed E-state index contributed by atoms with van der Waals surface area (Å²) in [7, 11) is 0. The zero-order valence-electron chi connectivity index (χ0n) is 91.5. The van der Waals surface area contributed by atoms with Crippen molar-refractivity contribution < 1.29 is 93.1 Å². The van der Waals surface area contributed by atoms with Crippen molar-refractivity contribution in [2.24, 2.45) is 46.5 Å². The van der Waals surface area contributed by atoms with Crippen LogP contribution in [0.2, 0.25) is 0 Å². The van der Waals surface area contributed by atoms with E-state index in [1.54, 1.807) is 62.3 Å². The van der Waals surface area contributed by atoms with Gasteiger partial charge in [-0.05, 0) is 183 Å². The third-order valence-corrected chi connectivity index (χ3v) is 11.1. The summed E-state index contributed by atoms with van der Waals surface area (Å²) in [4.78, 5) is 79.4. The summed E-state index contributed by atoms with van der Waals surface area (Å²) < 4.78 is 313. The highest BCUT2D eigenvalue weighted by Crippen LogP contribution is 2.32. The van der Waals surface area contributed by atoms with Gasteiger partial charge in [0.25, 0.3) is 23.6 Å². The molecular formula is C64H108N20O8. The maximum Gasteiger partial charge on any atom is 0.254 e. The number of anilines is 8. The van der Waals surface area contributed by atoms with Crippen LogP contribution in [0.5, 0.6) is 0 Å². The summed E-state index contributed by atoms with van der Waals surface area (Å²) in [6.45, 7) is 6.98. The second-order valence-electron chi connectivity index (χ2n) is 24.2. The Balaban J connectivity index is 0.000000309. The van der Waals surface area contributed by atoms with Gasteiger partial charge in [-0.15, -0.1) is 0 Å². The number of primary amides is 4. The van der Waals surface area contributed by atoms with E-state index in [2.05, 4.69) is 82.4 Å². The molecule has 0 radical (unpaired) electrons. The Bertz CT molecular complexity index is 4760. The van der Waals surface area contributed by atoms with Crippen LogP contribution in [0.3, 0.4) is 0 Å². The molecule has 4 aromatic rings. The summed E-state index contributed by atoms with van der Waals surface area (Å²) in [5.41, 5.74) is 17.7. The van der Waals surface area contributed by atoms with Crippen molar-refractivity contribution in [1.29, 1.82) is 0 Å². The van der Waals surface area contributed by atoms with Crippen LogP contribution < -0.4 is 65.5 Å². The van der Waals surface area contributed by atoms with Crippen molar-refractivity contribution in [2.75, 3.05) is 42.5 Å². The molecule has 4 saturated carbocycles. The topological polar surface area (TPSA) is 453 Å². The van der Waals surface area contributed by atoms with E-state index >= 15 is 0 Å². The first kappa shape index (κ1) is 36.2. The van der Waals surface area contributed by atoms with Gasteiger partial charge >= 0.3 is 0 Å². The first-order valence-corrected chi connectivity index (χ1v) is 27.6. The van der Waals surface area contributed by atoms with Gasteiger partial charge in [0.2, 0.25) is 23.8 Å². The van der Waals surface area contributed by atoms with Gasteiger partial charge in [0, 0.05) is 115 Å². The molecule has 0 aliphatic heterocycles. The van der Waals surface area contributed by atoms with Crippen LogP contribution in [0.4, 0.5) is 47.1 Å². The van der Waals surface area contributed by atoms with Crippen LogP contribution in [0, 0.1) is 23.6 Å². The molecule has 14 unspecified atom stereocenters. The molecule has 92 heavy (non-hydrogen) atoms. The SMILES string of the molecule is [2H]C([2H])([2H])C1([2H])C([2H])([2H])C([2H])([2H])C(Nc2nc(NC(C)(C)C)ncc2C(N)=O)C([2H])([2H])C1([2H])O.[2H]C([2H])([2H])C1([2H])C([2H])([2H])CC([2H])(Nc2nc(NC(C)(C)C)ncc2C(N)=O)C([2H])([2H])C1([2H])O.[2H]C1(Nc2nc(NC(C)(C)C)ncc2C(N)=O)CC([2H])([2H])C([2H])(C([2H])([2H])[2H])C([2H])(O)C1.[2H]C1C([2H])(Nc2nc(NC(C)(C)C)ncc2C(N)=O)C([2H])C([2H])(O)C([2H])(C([2H])([2H])[2H])C1([2H])[2H].